The van der Waals surface area contributed by atoms with Gasteiger partial charge in [0.05, 0.1) is 20.2 Å². The molecule has 0 saturated heterocycles. The van der Waals surface area contributed by atoms with Crippen LogP contribution in [0.15, 0.2) is 65.9 Å². The highest BCUT2D eigenvalue weighted by Crippen LogP contribution is 2.12. The van der Waals surface area contributed by atoms with Crippen molar-refractivity contribution in [1.29, 1.82) is 0 Å². The lowest BCUT2D eigenvalue weighted by atomic mass is 10.2. The number of para-hydroxylation sites is 1. The molecule has 0 aliphatic carbocycles. The van der Waals surface area contributed by atoms with Crippen LogP contribution in [0.5, 0.6) is 5.75 Å². The molecule has 0 unspecified atom stereocenters. The van der Waals surface area contributed by atoms with E-state index >= 15 is 0 Å². The van der Waals surface area contributed by atoms with Gasteiger partial charge in [-0.05, 0) is 36.8 Å². The van der Waals surface area contributed by atoms with Crippen molar-refractivity contribution in [3.8, 4) is 11.4 Å². The lowest BCUT2D eigenvalue weighted by Gasteiger charge is -2.12. The van der Waals surface area contributed by atoms with Crippen molar-refractivity contribution in [2.75, 3.05) is 13.7 Å². The molecule has 7 heteroatoms. The lowest BCUT2D eigenvalue weighted by Crippen LogP contribution is -2.37. The first-order valence-electron chi connectivity index (χ1n) is 8.89. The second-order valence-corrected chi connectivity index (χ2v) is 5.85. The molecule has 140 valence electrons. The Morgan fingerprint density at radius 3 is 2.56 bits per heavy atom. The topological polar surface area (TPSA) is 76.4 Å². The molecule has 0 radical (unpaired) electrons. The van der Waals surface area contributed by atoms with Crippen molar-refractivity contribution in [2.24, 2.45) is 4.99 Å². The van der Waals surface area contributed by atoms with E-state index in [2.05, 4.69) is 25.8 Å². The van der Waals surface area contributed by atoms with Gasteiger partial charge < -0.3 is 15.4 Å². The molecule has 0 spiro atoms. The van der Waals surface area contributed by atoms with E-state index < -0.39 is 0 Å². The predicted molar refractivity (Wildman–Crippen MR) is 106 cm³/mol. The zero-order chi connectivity index (χ0) is 18.9. The van der Waals surface area contributed by atoms with Crippen LogP contribution in [0.3, 0.4) is 0 Å². The van der Waals surface area contributed by atoms with Gasteiger partial charge in [0, 0.05) is 12.2 Å². The minimum atomic E-state index is 0.517. The van der Waals surface area contributed by atoms with Crippen molar-refractivity contribution in [3.63, 3.8) is 0 Å². The summed E-state index contributed by atoms with van der Waals surface area (Å²) < 4.78 is 7.14. The molecule has 1 heterocycles. The van der Waals surface area contributed by atoms with Gasteiger partial charge in [0.2, 0.25) is 0 Å². The molecule has 0 atom stereocenters. The van der Waals surface area contributed by atoms with E-state index in [1.165, 1.54) is 0 Å². The van der Waals surface area contributed by atoms with Crippen LogP contribution in [0.4, 0.5) is 0 Å². The summed E-state index contributed by atoms with van der Waals surface area (Å²) in [5.41, 5.74) is 2.14. The number of nitrogens with one attached hydrogen (secondary N) is 2. The molecule has 0 fully saturated rings. The third-order valence-electron chi connectivity index (χ3n) is 3.99. The monoisotopic (exact) mass is 364 g/mol. The number of methoxy groups -OCH3 is 1. The summed E-state index contributed by atoms with van der Waals surface area (Å²) in [6.07, 6.45) is 1.72. The van der Waals surface area contributed by atoms with Crippen LogP contribution in [-0.2, 0) is 13.1 Å². The van der Waals surface area contributed by atoms with Crippen LogP contribution in [0, 0.1) is 0 Å². The predicted octanol–water partition coefficient (Wildman–Crippen LogP) is 2.53. The van der Waals surface area contributed by atoms with Gasteiger partial charge in [-0.3, -0.25) is 4.57 Å². The second-order valence-electron chi connectivity index (χ2n) is 5.85. The maximum atomic E-state index is 5.19. The fraction of sp³-hybridized carbons (Fsp3) is 0.250. The zero-order valence-electron chi connectivity index (χ0n) is 15.6. The number of benzene rings is 2. The number of rotatable bonds is 7. The maximum Gasteiger partial charge on any atom is 0.191 e. The van der Waals surface area contributed by atoms with E-state index in [0.717, 1.165) is 35.3 Å². The summed E-state index contributed by atoms with van der Waals surface area (Å²) in [6, 6.07) is 17.9. The van der Waals surface area contributed by atoms with Crippen molar-refractivity contribution in [3.05, 3.63) is 72.3 Å². The summed E-state index contributed by atoms with van der Waals surface area (Å²) in [5.74, 6) is 2.39. The third-order valence-corrected chi connectivity index (χ3v) is 3.99. The van der Waals surface area contributed by atoms with E-state index in [0.29, 0.717) is 13.1 Å². The zero-order valence-corrected chi connectivity index (χ0v) is 15.6. The summed E-state index contributed by atoms with van der Waals surface area (Å²) in [5, 5.41) is 14.8. The third kappa shape index (κ3) is 5.07. The first kappa shape index (κ1) is 18.4. The molecule has 0 aliphatic rings. The Hall–Kier alpha value is -3.35. The number of guanidine groups is 1. The molecule has 2 N–H and O–H groups in total. The minimum absolute atomic E-state index is 0.517. The highest BCUT2D eigenvalue weighted by atomic mass is 16.5. The molecule has 7 nitrogen and oxygen atoms in total. The summed E-state index contributed by atoms with van der Waals surface area (Å²) in [7, 11) is 1.66. The summed E-state index contributed by atoms with van der Waals surface area (Å²) >= 11 is 0. The van der Waals surface area contributed by atoms with E-state index in [4.69, 9.17) is 4.74 Å². The fourth-order valence-electron chi connectivity index (χ4n) is 2.59. The van der Waals surface area contributed by atoms with Gasteiger partial charge >= 0.3 is 0 Å². The molecule has 2 aromatic carbocycles. The van der Waals surface area contributed by atoms with Crippen LogP contribution < -0.4 is 15.4 Å². The number of nitrogens with zero attached hydrogens (tertiary/aromatic N) is 4. The van der Waals surface area contributed by atoms with Crippen molar-refractivity contribution < 1.29 is 4.74 Å². The number of aliphatic imine (C=N–C) groups is 1. The first-order valence-corrected chi connectivity index (χ1v) is 8.89. The summed E-state index contributed by atoms with van der Waals surface area (Å²) in [6.45, 7) is 3.91. The van der Waals surface area contributed by atoms with E-state index in [9.17, 15) is 0 Å². The SMILES string of the molecule is CCNC(=NCc1ccc(OC)cc1)NCc1nncn1-c1ccccc1. The summed E-state index contributed by atoms with van der Waals surface area (Å²) in [4.78, 5) is 4.64. The molecular weight excluding hydrogens is 340 g/mol. The molecule has 3 rings (SSSR count). The molecule has 27 heavy (non-hydrogen) atoms. The lowest BCUT2D eigenvalue weighted by molar-refractivity contribution is 0.414. The van der Waals surface area contributed by atoms with Crippen LogP contribution in [0.1, 0.15) is 18.3 Å². The van der Waals surface area contributed by atoms with Crippen molar-refractivity contribution >= 4 is 5.96 Å². The number of hydrogen-bond donors (Lipinski definition) is 2. The van der Waals surface area contributed by atoms with Crippen LogP contribution in [0.2, 0.25) is 0 Å². The van der Waals surface area contributed by atoms with Gasteiger partial charge in [-0.1, -0.05) is 30.3 Å². The molecule has 0 aliphatic heterocycles. The van der Waals surface area contributed by atoms with E-state index in [-0.39, 0.29) is 0 Å². The van der Waals surface area contributed by atoms with Gasteiger partial charge in [-0.15, -0.1) is 10.2 Å². The van der Waals surface area contributed by atoms with Crippen LogP contribution in [-0.4, -0.2) is 34.4 Å². The van der Waals surface area contributed by atoms with E-state index in [1.54, 1.807) is 13.4 Å². The standard InChI is InChI=1S/C20H24N6O/c1-3-21-20(22-13-16-9-11-18(27-2)12-10-16)23-14-19-25-24-15-26(19)17-7-5-4-6-8-17/h4-12,15H,3,13-14H2,1-2H3,(H2,21,22,23). The Bertz CT molecular complexity index is 858. The van der Waals surface area contributed by atoms with Gasteiger partial charge in [0.25, 0.3) is 0 Å². The Balaban J connectivity index is 1.65. The Kier molecular flexibility index (Phi) is 6.40. The molecule has 3 aromatic rings. The van der Waals surface area contributed by atoms with Crippen molar-refractivity contribution in [1.82, 2.24) is 25.4 Å². The Morgan fingerprint density at radius 1 is 1.07 bits per heavy atom. The second kappa shape index (κ2) is 9.38. The Labute approximate surface area is 159 Å². The average molecular weight is 364 g/mol. The quantitative estimate of drug-likeness (QED) is 0.498. The first-order chi connectivity index (χ1) is 13.3. The highest BCUT2D eigenvalue weighted by Gasteiger charge is 2.07. The largest absolute Gasteiger partial charge is 0.497 e. The molecular formula is C20H24N6O. The smallest absolute Gasteiger partial charge is 0.191 e. The highest BCUT2D eigenvalue weighted by molar-refractivity contribution is 5.79. The van der Waals surface area contributed by atoms with Gasteiger partial charge in [-0.2, -0.15) is 0 Å². The van der Waals surface area contributed by atoms with E-state index in [1.807, 2.05) is 66.1 Å². The molecule has 0 bridgehead atoms. The number of hydrogen-bond acceptors (Lipinski definition) is 4. The normalized spacial score (nSPS) is 11.3. The van der Waals surface area contributed by atoms with Gasteiger partial charge in [-0.25, -0.2) is 4.99 Å². The molecule has 0 saturated carbocycles. The van der Waals surface area contributed by atoms with Crippen LogP contribution >= 0.6 is 0 Å². The maximum absolute atomic E-state index is 5.19. The Morgan fingerprint density at radius 2 is 1.85 bits per heavy atom. The fourth-order valence-corrected chi connectivity index (χ4v) is 2.59. The average Bonchev–Trinajstić information content (AvgIpc) is 3.20. The molecule has 0 amide bonds. The van der Waals surface area contributed by atoms with Gasteiger partial charge in [0.1, 0.15) is 12.1 Å². The van der Waals surface area contributed by atoms with Crippen LogP contribution in [0.25, 0.3) is 5.69 Å². The number of ether oxygens (including phenoxy) is 1. The minimum Gasteiger partial charge on any atom is -0.497 e. The van der Waals surface area contributed by atoms with Crippen molar-refractivity contribution in [2.45, 2.75) is 20.0 Å². The number of aromatic nitrogens is 3. The van der Waals surface area contributed by atoms with Gasteiger partial charge in [0.15, 0.2) is 11.8 Å². The molecule has 1 aromatic heterocycles.